The highest BCUT2D eigenvalue weighted by Gasteiger charge is 2.03. The number of hydrogen-bond donors (Lipinski definition) is 1. The summed E-state index contributed by atoms with van der Waals surface area (Å²) in [6, 6.07) is 8.42. The Hall–Kier alpha value is -2.10. The Kier molecular flexibility index (Phi) is 4.12. The largest absolute Gasteiger partial charge is 0.494 e. The fourth-order valence-electron chi connectivity index (χ4n) is 1.70. The molecule has 94 valence electrons. The predicted molar refractivity (Wildman–Crippen MR) is 69.4 cm³/mol. The van der Waals surface area contributed by atoms with Gasteiger partial charge in [-0.05, 0) is 36.2 Å². The Bertz CT molecular complexity index is 502. The van der Waals surface area contributed by atoms with Gasteiger partial charge in [-0.15, -0.1) is 0 Å². The molecule has 1 N–H and O–H groups in total. The van der Waals surface area contributed by atoms with Crippen LogP contribution < -0.4 is 10.1 Å². The van der Waals surface area contributed by atoms with Crippen molar-refractivity contribution in [3.05, 3.63) is 54.1 Å². The molecule has 0 spiro atoms. The summed E-state index contributed by atoms with van der Waals surface area (Å²) in [5.41, 5.74) is 2.01. The van der Waals surface area contributed by atoms with E-state index in [2.05, 4.69) is 10.3 Å². The van der Waals surface area contributed by atoms with Crippen LogP contribution in [-0.2, 0) is 6.42 Å². The van der Waals surface area contributed by atoms with Crippen molar-refractivity contribution in [3.8, 4) is 5.75 Å². The number of halogens is 1. The molecule has 0 saturated heterocycles. The molecule has 2 aromatic rings. The standard InChI is InChI=1S/C14H15FN2O/c1-18-14-10-12(15)2-3-13(14)17-9-6-11-4-7-16-8-5-11/h2-5,7-8,10,17H,6,9H2,1H3. The summed E-state index contributed by atoms with van der Waals surface area (Å²) in [5, 5.41) is 3.23. The molecule has 0 bridgehead atoms. The van der Waals surface area contributed by atoms with Gasteiger partial charge in [-0.2, -0.15) is 0 Å². The zero-order chi connectivity index (χ0) is 12.8. The van der Waals surface area contributed by atoms with Gasteiger partial charge in [-0.1, -0.05) is 0 Å². The minimum atomic E-state index is -0.300. The first-order valence-corrected chi connectivity index (χ1v) is 5.76. The van der Waals surface area contributed by atoms with Gasteiger partial charge in [-0.25, -0.2) is 4.39 Å². The van der Waals surface area contributed by atoms with E-state index in [9.17, 15) is 4.39 Å². The van der Waals surface area contributed by atoms with Crippen molar-refractivity contribution in [1.82, 2.24) is 4.98 Å². The van der Waals surface area contributed by atoms with E-state index in [1.807, 2.05) is 12.1 Å². The van der Waals surface area contributed by atoms with E-state index < -0.39 is 0 Å². The maximum Gasteiger partial charge on any atom is 0.144 e. The number of hydrogen-bond acceptors (Lipinski definition) is 3. The maximum atomic E-state index is 13.0. The summed E-state index contributed by atoms with van der Waals surface area (Å²) in [5.74, 6) is 0.219. The second-order valence-corrected chi connectivity index (χ2v) is 3.88. The molecule has 0 aliphatic heterocycles. The van der Waals surface area contributed by atoms with Crippen LogP contribution in [0.3, 0.4) is 0 Å². The molecule has 0 aliphatic carbocycles. The smallest absolute Gasteiger partial charge is 0.144 e. The van der Waals surface area contributed by atoms with E-state index in [0.717, 1.165) is 18.7 Å². The molecule has 0 atom stereocenters. The van der Waals surface area contributed by atoms with Crippen LogP contribution >= 0.6 is 0 Å². The molecular formula is C14H15FN2O. The monoisotopic (exact) mass is 246 g/mol. The minimum absolute atomic E-state index is 0.300. The van der Waals surface area contributed by atoms with E-state index in [1.165, 1.54) is 24.8 Å². The molecule has 0 aliphatic rings. The highest BCUT2D eigenvalue weighted by molar-refractivity contribution is 5.56. The van der Waals surface area contributed by atoms with Crippen LogP contribution in [-0.4, -0.2) is 18.6 Å². The Labute approximate surface area is 106 Å². The molecule has 2 rings (SSSR count). The van der Waals surface area contributed by atoms with Crippen LogP contribution in [0.1, 0.15) is 5.56 Å². The number of nitrogens with zero attached hydrogens (tertiary/aromatic N) is 1. The first kappa shape index (κ1) is 12.4. The molecule has 1 heterocycles. The molecule has 3 nitrogen and oxygen atoms in total. The number of anilines is 1. The molecule has 0 fully saturated rings. The molecular weight excluding hydrogens is 231 g/mol. The van der Waals surface area contributed by atoms with Gasteiger partial charge in [-0.3, -0.25) is 4.98 Å². The van der Waals surface area contributed by atoms with Crippen molar-refractivity contribution < 1.29 is 9.13 Å². The Morgan fingerprint density at radius 3 is 2.72 bits per heavy atom. The first-order chi connectivity index (χ1) is 8.79. The van der Waals surface area contributed by atoms with E-state index in [0.29, 0.717) is 5.75 Å². The van der Waals surface area contributed by atoms with Crippen molar-refractivity contribution in [2.24, 2.45) is 0 Å². The van der Waals surface area contributed by atoms with Crippen molar-refractivity contribution in [1.29, 1.82) is 0 Å². The number of methoxy groups -OCH3 is 1. The van der Waals surface area contributed by atoms with Gasteiger partial charge < -0.3 is 10.1 Å². The number of aromatic nitrogens is 1. The van der Waals surface area contributed by atoms with Crippen LogP contribution in [0.15, 0.2) is 42.7 Å². The van der Waals surface area contributed by atoms with E-state index in [-0.39, 0.29) is 5.82 Å². The lowest BCUT2D eigenvalue weighted by atomic mass is 10.2. The van der Waals surface area contributed by atoms with Crippen LogP contribution in [0.25, 0.3) is 0 Å². The first-order valence-electron chi connectivity index (χ1n) is 5.76. The third-order valence-corrected chi connectivity index (χ3v) is 2.64. The van der Waals surface area contributed by atoms with Crippen molar-refractivity contribution >= 4 is 5.69 Å². The van der Waals surface area contributed by atoms with Crippen LogP contribution in [0.5, 0.6) is 5.75 Å². The minimum Gasteiger partial charge on any atom is -0.494 e. The zero-order valence-electron chi connectivity index (χ0n) is 10.2. The number of rotatable bonds is 5. The van der Waals surface area contributed by atoms with E-state index in [1.54, 1.807) is 18.5 Å². The highest BCUT2D eigenvalue weighted by atomic mass is 19.1. The third-order valence-electron chi connectivity index (χ3n) is 2.64. The number of pyridine rings is 1. The van der Waals surface area contributed by atoms with Crippen molar-refractivity contribution in [2.45, 2.75) is 6.42 Å². The fraction of sp³-hybridized carbons (Fsp3) is 0.214. The second-order valence-electron chi connectivity index (χ2n) is 3.88. The average Bonchev–Trinajstić information content (AvgIpc) is 2.41. The SMILES string of the molecule is COc1cc(F)ccc1NCCc1ccncc1. The topological polar surface area (TPSA) is 34.1 Å². The Morgan fingerprint density at radius 1 is 1.22 bits per heavy atom. The fourth-order valence-corrected chi connectivity index (χ4v) is 1.70. The number of nitrogens with one attached hydrogen (secondary N) is 1. The van der Waals surface area contributed by atoms with Gasteiger partial charge >= 0.3 is 0 Å². The number of ether oxygens (including phenoxy) is 1. The third kappa shape index (κ3) is 3.20. The molecule has 0 unspecified atom stereocenters. The normalized spacial score (nSPS) is 10.1. The highest BCUT2D eigenvalue weighted by Crippen LogP contribution is 2.24. The van der Waals surface area contributed by atoms with Gasteiger partial charge in [0, 0.05) is 25.0 Å². The zero-order valence-corrected chi connectivity index (χ0v) is 10.2. The maximum absolute atomic E-state index is 13.0. The lowest BCUT2D eigenvalue weighted by molar-refractivity contribution is 0.413. The van der Waals surface area contributed by atoms with Gasteiger partial charge in [0.2, 0.25) is 0 Å². The predicted octanol–water partition coefficient (Wildman–Crippen LogP) is 2.88. The Balaban J connectivity index is 1.94. The molecule has 4 heteroatoms. The summed E-state index contributed by atoms with van der Waals surface area (Å²) in [4.78, 5) is 3.97. The van der Waals surface area contributed by atoms with Crippen LogP contribution in [0, 0.1) is 5.82 Å². The summed E-state index contributed by atoms with van der Waals surface area (Å²) >= 11 is 0. The van der Waals surface area contributed by atoms with Crippen molar-refractivity contribution in [3.63, 3.8) is 0 Å². The molecule has 0 radical (unpaired) electrons. The van der Waals surface area contributed by atoms with Crippen LogP contribution in [0.2, 0.25) is 0 Å². The molecule has 1 aromatic heterocycles. The quantitative estimate of drug-likeness (QED) is 0.880. The van der Waals surface area contributed by atoms with Gasteiger partial charge in [0.1, 0.15) is 11.6 Å². The lowest BCUT2D eigenvalue weighted by Crippen LogP contribution is -2.06. The van der Waals surface area contributed by atoms with Gasteiger partial charge in [0.25, 0.3) is 0 Å². The summed E-state index contributed by atoms with van der Waals surface area (Å²) in [6.45, 7) is 0.756. The second kappa shape index (κ2) is 6.00. The number of benzene rings is 1. The molecule has 0 saturated carbocycles. The van der Waals surface area contributed by atoms with Gasteiger partial charge in [0.05, 0.1) is 12.8 Å². The van der Waals surface area contributed by atoms with Gasteiger partial charge in [0.15, 0.2) is 0 Å². The lowest BCUT2D eigenvalue weighted by Gasteiger charge is -2.11. The summed E-state index contributed by atoms with van der Waals surface area (Å²) in [7, 11) is 1.53. The van der Waals surface area contributed by atoms with E-state index >= 15 is 0 Å². The summed E-state index contributed by atoms with van der Waals surface area (Å²) in [6.07, 6.45) is 4.42. The van der Waals surface area contributed by atoms with Crippen molar-refractivity contribution in [2.75, 3.05) is 19.0 Å². The molecule has 18 heavy (non-hydrogen) atoms. The van der Waals surface area contributed by atoms with E-state index in [4.69, 9.17) is 4.74 Å². The van der Waals surface area contributed by atoms with Crippen LogP contribution in [0.4, 0.5) is 10.1 Å². The average molecular weight is 246 g/mol. The Morgan fingerprint density at radius 2 is 2.00 bits per heavy atom. The summed E-state index contributed by atoms with van der Waals surface area (Å²) < 4.78 is 18.1. The molecule has 0 amide bonds. The molecule has 1 aromatic carbocycles.